The van der Waals surface area contributed by atoms with Crippen LogP contribution in [0.15, 0.2) is 73.2 Å². The molecule has 0 amide bonds. The van der Waals surface area contributed by atoms with E-state index in [9.17, 15) is 0 Å². The molecule has 0 spiro atoms. The Morgan fingerprint density at radius 1 is 0.742 bits per heavy atom. The summed E-state index contributed by atoms with van der Waals surface area (Å²) in [6.07, 6.45) is 7.53. The highest BCUT2D eigenvalue weighted by molar-refractivity contribution is 6.10. The molecule has 31 heavy (non-hydrogen) atoms. The van der Waals surface area contributed by atoms with E-state index in [0.717, 1.165) is 46.0 Å². The first-order valence-electron chi connectivity index (χ1n) is 10.6. The van der Waals surface area contributed by atoms with Crippen molar-refractivity contribution in [3.8, 4) is 22.4 Å². The van der Waals surface area contributed by atoms with Crippen molar-refractivity contribution >= 4 is 27.5 Å². The van der Waals surface area contributed by atoms with Crippen LogP contribution in [0.1, 0.15) is 22.4 Å². The van der Waals surface area contributed by atoms with Gasteiger partial charge in [0.05, 0.1) is 22.4 Å². The molecule has 2 aliphatic carbocycles. The van der Waals surface area contributed by atoms with E-state index in [1.807, 2.05) is 24.7 Å². The number of pyridine rings is 3. The second-order valence-corrected chi connectivity index (χ2v) is 8.50. The van der Waals surface area contributed by atoms with Crippen LogP contribution in [0.3, 0.4) is 0 Å². The van der Waals surface area contributed by atoms with E-state index < -0.39 is 0 Å². The average molecular weight is 396 g/mol. The number of fused-ring (bicyclic) bond motifs is 14. The summed E-state index contributed by atoms with van der Waals surface area (Å²) < 4.78 is 2.34. The maximum absolute atomic E-state index is 5.27. The Morgan fingerprint density at radius 3 is 2.61 bits per heavy atom. The van der Waals surface area contributed by atoms with Gasteiger partial charge in [-0.05, 0) is 52.4 Å². The first-order chi connectivity index (χ1) is 15.4. The summed E-state index contributed by atoms with van der Waals surface area (Å²) in [6.45, 7) is 0. The molecule has 4 heteroatoms. The summed E-state index contributed by atoms with van der Waals surface area (Å²) in [5, 5.41) is 2.14. The van der Waals surface area contributed by atoms with Gasteiger partial charge in [0.25, 0.3) is 0 Å². The lowest BCUT2D eigenvalue weighted by Gasteiger charge is -2.10. The van der Waals surface area contributed by atoms with E-state index in [4.69, 9.17) is 4.98 Å². The molecule has 4 nitrogen and oxygen atoms in total. The third kappa shape index (κ3) is 1.84. The second kappa shape index (κ2) is 5.35. The standard InChI is InChI=1S/C27H16N4/c1-2-5-18-15(4-1)12-16-7-8-17-13-22-26(24(17)23(16)18)30-27-19-6-3-10-29-25(19)20-14-28-11-9-21(20)31(22)27/h1-11,14H,12-13H2. The Labute approximate surface area is 177 Å². The Balaban J connectivity index is 1.55. The van der Waals surface area contributed by atoms with E-state index in [-0.39, 0.29) is 0 Å². The van der Waals surface area contributed by atoms with E-state index in [1.165, 1.54) is 39.1 Å². The molecule has 2 aliphatic rings. The van der Waals surface area contributed by atoms with Gasteiger partial charge in [-0.15, -0.1) is 0 Å². The van der Waals surface area contributed by atoms with E-state index in [0.29, 0.717) is 0 Å². The largest absolute Gasteiger partial charge is 0.295 e. The highest BCUT2D eigenvalue weighted by atomic mass is 15.0. The molecule has 0 saturated heterocycles. The quantitative estimate of drug-likeness (QED) is 0.315. The van der Waals surface area contributed by atoms with Crippen LogP contribution in [-0.4, -0.2) is 19.4 Å². The predicted octanol–water partition coefficient (Wildman–Crippen LogP) is 5.57. The van der Waals surface area contributed by atoms with Crippen LogP contribution in [0.4, 0.5) is 0 Å². The minimum atomic E-state index is 0.893. The van der Waals surface area contributed by atoms with Gasteiger partial charge in [0, 0.05) is 41.3 Å². The summed E-state index contributed by atoms with van der Waals surface area (Å²) in [7, 11) is 0. The number of hydrogen-bond donors (Lipinski definition) is 0. The van der Waals surface area contributed by atoms with Crippen LogP contribution in [-0.2, 0) is 12.8 Å². The van der Waals surface area contributed by atoms with Gasteiger partial charge in [-0.1, -0.05) is 36.4 Å². The number of aromatic nitrogens is 4. The summed E-state index contributed by atoms with van der Waals surface area (Å²) in [5.41, 5.74) is 13.7. The molecule has 6 aromatic rings. The highest BCUT2D eigenvalue weighted by Gasteiger charge is 2.32. The molecule has 4 aromatic heterocycles. The molecule has 0 unspecified atom stereocenters. The lowest BCUT2D eigenvalue weighted by molar-refractivity contribution is 1.09. The third-order valence-electron chi connectivity index (χ3n) is 6.96. The molecule has 8 rings (SSSR count). The molecule has 4 heterocycles. The molecular weight excluding hydrogens is 380 g/mol. The number of rotatable bonds is 0. The highest BCUT2D eigenvalue weighted by Crippen LogP contribution is 2.49. The zero-order valence-corrected chi connectivity index (χ0v) is 16.6. The van der Waals surface area contributed by atoms with Crippen LogP contribution in [0.2, 0.25) is 0 Å². The van der Waals surface area contributed by atoms with Crippen LogP contribution in [0.25, 0.3) is 49.8 Å². The van der Waals surface area contributed by atoms with Gasteiger partial charge in [-0.25, -0.2) is 4.98 Å². The van der Waals surface area contributed by atoms with Crippen molar-refractivity contribution in [3.63, 3.8) is 0 Å². The van der Waals surface area contributed by atoms with Gasteiger partial charge in [0.15, 0.2) is 0 Å². The van der Waals surface area contributed by atoms with Crippen LogP contribution in [0.5, 0.6) is 0 Å². The summed E-state index contributed by atoms with van der Waals surface area (Å²) in [5.74, 6) is 0. The van der Waals surface area contributed by atoms with Gasteiger partial charge in [-0.3, -0.25) is 14.4 Å². The summed E-state index contributed by atoms with van der Waals surface area (Å²) in [6, 6.07) is 19.6. The molecule has 0 atom stereocenters. The van der Waals surface area contributed by atoms with Gasteiger partial charge in [0.1, 0.15) is 5.65 Å². The first kappa shape index (κ1) is 15.7. The van der Waals surface area contributed by atoms with Crippen molar-refractivity contribution in [2.75, 3.05) is 0 Å². The fraction of sp³-hybridized carbons (Fsp3) is 0.0741. The van der Waals surface area contributed by atoms with Gasteiger partial charge in [0.2, 0.25) is 0 Å². The molecule has 0 radical (unpaired) electrons. The van der Waals surface area contributed by atoms with E-state index >= 15 is 0 Å². The molecule has 144 valence electrons. The van der Waals surface area contributed by atoms with Crippen LogP contribution < -0.4 is 0 Å². The smallest absolute Gasteiger partial charge is 0.147 e. The summed E-state index contributed by atoms with van der Waals surface area (Å²) >= 11 is 0. The van der Waals surface area contributed by atoms with Gasteiger partial charge >= 0.3 is 0 Å². The van der Waals surface area contributed by atoms with Gasteiger partial charge in [-0.2, -0.15) is 0 Å². The van der Waals surface area contributed by atoms with Crippen molar-refractivity contribution in [1.82, 2.24) is 19.4 Å². The maximum atomic E-state index is 5.27. The second-order valence-electron chi connectivity index (χ2n) is 8.50. The Morgan fingerprint density at radius 2 is 1.65 bits per heavy atom. The first-order valence-corrected chi connectivity index (χ1v) is 10.6. The number of hydrogen-bond acceptors (Lipinski definition) is 3. The topological polar surface area (TPSA) is 43.1 Å². The fourth-order valence-corrected chi connectivity index (χ4v) is 5.69. The monoisotopic (exact) mass is 396 g/mol. The SMILES string of the molecule is c1ccc2c(c1)Cc1ccc3c(c1-2)-c1nc2c4cccnc4c4cnccc4n2c1C3. The maximum Gasteiger partial charge on any atom is 0.147 e. The van der Waals surface area contributed by atoms with Crippen molar-refractivity contribution in [2.45, 2.75) is 12.8 Å². The van der Waals surface area contributed by atoms with Crippen molar-refractivity contribution < 1.29 is 0 Å². The molecule has 0 saturated carbocycles. The van der Waals surface area contributed by atoms with Crippen molar-refractivity contribution in [1.29, 1.82) is 0 Å². The molecule has 0 aliphatic heterocycles. The van der Waals surface area contributed by atoms with Crippen molar-refractivity contribution in [3.05, 3.63) is 95.6 Å². The Bertz CT molecular complexity index is 1740. The minimum absolute atomic E-state index is 0.893. The average Bonchev–Trinajstić information content (AvgIpc) is 3.48. The number of benzene rings is 2. The Kier molecular flexibility index (Phi) is 2.72. The lowest BCUT2D eigenvalue weighted by atomic mass is 9.96. The molecule has 0 fully saturated rings. The third-order valence-corrected chi connectivity index (χ3v) is 6.96. The van der Waals surface area contributed by atoms with E-state index in [2.05, 4.69) is 62.9 Å². The zero-order chi connectivity index (χ0) is 20.1. The van der Waals surface area contributed by atoms with Gasteiger partial charge < -0.3 is 0 Å². The van der Waals surface area contributed by atoms with Crippen LogP contribution >= 0.6 is 0 Å². The van der Waals surface area contributed by atoms with Crippen molar-refractivity contribution in [2.24, 2.45) is 0 Å². The molecular formula is C27H16N4. The molecule has 0 bridgehead atoms. The molecule has 2 aromatic carbocycles. The fourth-order valence-electron chi connectivity index (χ4n) is 5.69. The Hall–Kier alpha value is -4.05. The summed E-state index contributed by atoms with van der Waals surface area (Å²) in [4.78, 5) is 14.3. The number of imidazole rings is 1. The number of nitrogens with zero attached hydrogens (tertiary/aromatic N) is 4. The molecule has 0 N–H and O–H groups in total. The normalized spacial score (nSPS) is 13.5. The van der Waals surface area contributed by atoms with Crippen LogP contribution in [0, 0.1) is 0 Å². The van der Waals surface area contributed by atoms with E-state index in [1.54, 1.807) is 0 Å². The zero-order valence-electron chi connectivity index (χ0n) is 16.6. The lowest BCUT2D eigenvalue weighted by Crippen LogP contribution is -1.97. The minimum Gasteiger partial charge on any atom is -0.295 e. The predicted molar refractivity (Wildman–Crippen MR) is 122 cm³/mol.